The minimum Gasteiger partial charge on any atom is -0.271 e. The summed E-state index contributed by atoms with van der Waals surface area (Å²) in [5, 5.41) is 8.48. The molecule has 0 aliphatic heterocycles. The summed E-state index contributed by atoms with van der Waals surface area (Å²) in [4.78, 5) is 4.21. The van der Waals surface area contributed by atoms with Gasteiger partial charge in [0.05, 0.1) is 17.4 Å². The molecule has 18 heavy (non-hydrogen) atoms. The van der Waals surface area contributed by atoms with Crippen LogP contribution in [0.15, 0.2) is 12.4 Å². The van der Waals surface area contributed by atoms with Crippen molar-refractivity contribution in [1.29, 1.82) is 0 Å². The Morgan fingerprint density at radius 1 is 1.39 bits per heavy atom. The summed E-state index contributed by atoms with van der Waals surface area (Å²) in [5.41, 5.74) is 4.93. The average Bonchev–Trinajstić information content (AvgIpc) is 2.93. The third-order valence-electron chi connectivity index (χ3n) is 3.08. The first-order chi connectivity index (χ1) is 8.65. The number of hydrogen-bond donors (Lipinski definition) is 2. The summed E-state index contributed by atoms with van der Waals surface area (Å²) in [6.07, 6.45) is 3.13. The van der Waals surface area contributed by atoms with Crippen LogP contribution in [0.25, 0.3) is 0 Å². The van der Waals surface area contributed by atoms with Gasteiger partial charge >= 0.3 is 0 Å². The lowest BCUT2D eigenvalue weighted by Gasteiger charge is -2.15. The van der Waals surface area contributed by atoms with Crippen molar-refractivity contribution in [1.82, 2.24) is 30.0 Å². The van der Waals surface area contributed by atoms with Gasteiger partial charge in [-0.2, -0.15) is 10.2 Å². The first-order valence-corrected chi connectivity index (χ1v) is 5.97. The van der Waals surface area contributed by atoms with Crippen molar-refractivity contribution in [3.63, 3.8) is 0 Å². The third kappa shape index (κ3) is 2.41. The fourth-order valence-electron chi connectivity index (χ4n) is 1.98. The molecule has 2 heterocycles. The van der Waals surface area contributed by atoms with Crippen LogP contribution in [0, 0.1) is 0 Å². The van der Waals surface area contributed by atoms with E-state index in [2.05, 4.69) is 33.6 Å². The second-order valence-corrected chi connectivity index (χ2v) is 4.26. The van der Waals surface area contributed by atoms with Gasteiger partial charge in [-0.3, -0.25) is 20.6 Å². The first kappa shape index (κ1) is 12.7. The number of rotatable bonds is 5. The molecule has 0 amide bonds. The Balaban J connectivity index is 2.22. The van der Waals surface area contributed by atoms with Gasteiger partial charge in [0.15, 0.2) is 0 Å². The van der Waals surface area contributed by atoms with E-state index in [-0.39, 0.29) is 6.04 Å². The van der Waals surface area contributed by atoms with Crippen LogP contribution in [0.4, 0.5) is 0 Å². The van der Waals surface area contributed by atoms with Crippen LogP contribution >= 0.6 is 0 Å². The van der Waals surface area contributed by atoms with Crippen molar-refractivity contribution in [3.05, 3.63) is 29.6 Å². The Morgan fingerprint density at radius 2 is 2.17 bits per heavy atom. The topological polar surface area (TPSA) is 86.6 Å². The molecule has 3 N–H and O–H groups in total. The molecule has 7 heteroatoms. The molecule has 2 aromatic rings. The molecule has 2 aromatic heterocycles. The van der Waals surface area contributed by atoms with E-state index in [1.807, 2.05) is 18.8 Å². The maximum absolute atomic E-state index is 5.64. The van der Waals surface area contributed by atoms with Gasteiger partial charge in [-0.15, -0.1) is 0 Å². The molecular weight excluding hydrogens is 230 g/mol. The Kier molecular flexibility index (Phi) is 3.73. The Hall–Kier alpha value is -1.73. The highest BCUT2D eigenvalue weighted by atomic mass is 15.3. The van der Waals surface area contributed by atoms with Gasteiger partial charge in [-0.25, -0.2) is 4.98 Å². The lowest BCUT2D eigenvalue weighted by atomic mass is 10.1. The van der Waals surface area contributed by atoms with Crippen molar-refractivity contribution < 1.29 is 0 Å². The van der Waals surface area contributed by atoms with Crippen molar-refractivity contribution in [2.75, 3.05) is 0 Å². The molecule has 0 fully saturated rings. The van der Waals surface area contributed by atoms with Crippen LogP contribution in [0.3, 0.4) is 0 Å². The molecule has 0 saturated carbocycles. The van der Waals surface area contributed by atoms with E-state index in [4.69, 9.17) is 5.84 Å². The molecule has 0 aliphatic carbocycles. The van der Waals surface area contributed by atoms with Gasteiger partial charge < -0.3 is 0 Å². The number of nitrogens with zero attached hydrogens (tertiary/aromatic N) is 5. The Bertz CT molecular complexity index is 513. The number of aromatic nitrogens is 5. The lowest BCUT2D eigenvalue weighted by Crippen LogP contribution is -2.31. The third-order valence-corrected chi connectivity index (χ3v) is 3.08. The van der Waals surface area contributed by atoms with Gasteiger partial charge in [-0.05, 0) is 12.5 Å². The van der Waals surface area contributed by atoms with Crippen LogP contribution in [0.5, 0.6) is 0 Å². The number of aryl methyl sites for hydroxylation is 3. The highest BCUT2D eigenvalue weighted by molar-refractivity contribution is 5.15. The van der Waals surface area contributed by atoms with Gasteiger partial charge in [0.2, 0.25) is 0 Å². The zero-order chi connectivity index (χ0) is 13.1. The Morgan fingerprint density at radius 3 is 2.67 bits per heavy atom. The molecule has 0 radical (unpaired) electrons. The molecule has 98 valence electrons. The largest absolute Gasteiger partial charge is 0.271 e. The predicted molar refractivity (Wildman–Crippen MR) is 67.4 cm³/mol. The summed E-state index contributed by atoms with van der Waals surface area (Å²) in [6, 6.07) is 2.05. The minimum atomic E-state index is -0.0225. The highest BCUT2D eigenvalue weighted by Gasteiger charge is 2.18. The number of hydrogen-bond acceptors (Lipinski definition) is 5. The second-order valence-electron chi connectivity index (χ2n) is 4.26. The van der Waals surface area contributed by atoms with E-state index in [0.29, 0.717) is 6.42 Å². The van der Waals surface area contributed by atoms with Gasteiger partial charge in [0.1, 0.15) is 12.2 Å². The minimum absolute atomic E-state index is 0.0225. The lowest BCUT2D eigenvalue weighted by molar-refractivity contribution is 0.488. The summed E-state index contributed by atoms with van der Waals surface area (Å²) in [6.45, 7) is 2.08. The van der Waals surface area contributed by atoms with Crippen LogP contribution < -0.4 is 11.3 Å². The van der Waals surface area contributed by atoms with Crippen molar-refractivity contribution in [2.24, 2.45) is 19.9 Å². The second kappa shape index (κ2) is 5.28. The van der Waals surface area contributed by atoms with Crippen molar-refractivity contribution >= 4 is 0 Å². The van der Waals surface area contributed by atoms with Crippen LogP contribution in [-0.4, -0.2) is 24.5 Å². The quantitative estimate of drug-likeness (QED) is 0.569. The van der Waals surface area contributed by atoms with E-state index >= 15 is 0 Å². The molecule has 1 atom stereocenters. The summed E-state index contributed by atoms with van der Waals surface area (Å²) in [5.74, 6) is 6.53. The van der Waals surface area contributed by atoms with E-state index in [1.165, 1.54) is 0 Å². The fraction of sp³-hybridized carbons (Fsp3) is 0.545. The molecule has 7 nitrogen and oxygen atoms in total. The average molecular weight is 249 g/mol. The molecule has 0 aliphatic rings. The zero-order valence-electron chi connectivity index (χ0n) is 11.0. The monoisotopic (exact) mass is 249 g/mol. The van der Waals surface area contributed by atoms with Gasteiger partial charge in [0.25, 0.3) is 0 Å². The number of hydrazine groups is 1. The summed E-state index contributed by atoms with van der Waals surface area (Å²) < 4.78 is 3.61. The van der Waals surface area contributed by atoms with Crippen LogP contribution in [-0.2, 0) is 26.9 Å². The van der Waals surface area contributed by atoms with E-state index in [1.54, 1.807) is 11.0 Å². The molecule has 2 rings (SSSR count). The van der Waals surface area contributed by atoms with Crippen molar-refractivity contribution in [2.45, 2.75) is 25.8 Å². The fourth-order valence-corrected chi connectivity index (χ4v) is 1.98. The maximum atomic E-state index is 5.64. The van der Waals surface area contributed by atoms with Crippen LogP contribution in [0.2, 0.25) is 0 Å². The summed E-state index contributed by atoms with van der Waals surface area (Å²) >= 11 is 0. The molecule has 1 unspecified atom stereocenters. The van der Waals surface area contributed by atoms with Gasteiger partial charge in [0, 0.05) is 20.5 Å². The molecule has 0 aromatic carbocycles. The van der Waals surface area contributed by atoms with Crippen LogP contribution in [0.1, 0.15) is 30.2 Å². The van der Waals surface area contributed by atoms with E-state index in [0.717, 1.165) is 23.6 Å². The zero-order valence-corrected chi connectivity index (χ0v) is 11.0. The van der Waals surface area contributed by atoms with Crippen molar-refractivity contribution in [3.8, 4) is 0 Å². The molecular formula is C11H19N7. The first-order valence-electron chi connectivity index (χ1n) is 5.97. The maximum Gasteiger partial charge on any atom is 0.138 e. The van der Waals surface area contributed by atoms with E-state index in [9.17, 15) is 0 Å². The molecule has 0 saturated heterocycles. The number of nitrogens with two attached hydrogens (primary N) is 1. The number of nitrogens with one attached hydrogen (secondary N) is 1. The van der Waals surface area contributed by atoms with E-state index < -0.39 is 0 Å². The van der Waals surface area contributed by atoms with Gasteiger partial charge in [-0.1, -0.05) is 6.92 Å². The SMILES string of the molecule is CCc1cc(C(Cc2ncnn2C)NN)n(C)n1. The normalized spacial score (nSPS) is 12.9. The standard InChI is InChI=1S/C11H19N7/c1-4-8-5-10(17(2)16-8)9(15-12)6-11-13-7-14-18(11)3/h5,7,9,15H,4,6,12H2,1-3H3. The highest BCUT2D eigenvalue weighted by Crippen LogP contribution is 2.17. The smallest absolute Gasteiger partial charge is 0.138 e. The predicted octanol–water partition coefficient (Wildman–Crippen LogP) is -0.142. The Labute approximate surface area is 106 Å². The summed E-state index contributed by atoms with van der Waals surface area (Å²) in [7, 11) is 3.80. The molecule has 0 bridgehead atoms. The molecule has 0 spiro atoms.